The van der Waals surface area contributed by atoms with Crippen molar-refractivity contribution in [1.29, 1.82) is 0 Å². The molecule has 2 spiro atoms. The number of nitrogens with one attached hydrogen (secondary N) is 1. The third-order valence-corrected chi connectivity index (χ3v) is 15.8. The molecule has 9 atom stereocenters. The van der Waals surface area contributed by atoms with Crippen LogP contribution in [0, 0.1) is 51.2 Å². The quantitative estimate of drug-likeness (QED) is 0.155. The Bertz CT molecular complexity index is 1060. The molecule has 7 nitrogen and oxygen atoms in total. The molecule has 0 heterocycles. The van der Waals surface area contributed by atoms with Gasteiger partial charge in [0.2, 0.25) is 0 Å². The van der Waals surface area contributed by atoms with Crippen molar-refractivity contribution in [1.82, 2.24) is 5.32 Å². The van der Waals surface area contributed by atoms with Crippen LogP contribution in [0.5, 0.6) is 0 Å². The number of aliphatic hydroxyl groups excluding tert-OH is 1. The summed E-state index contributed by atoms with van der Waals surface area (Å²) in [5, 5.41) is 16.8. The minimum atomic E-state index is -0.513. The van der Waals surface area contributed by atoms with Gasteiger partial charge >= 0.3 is 5.97 Å². The van der Waals surface area contributed by atoms with Crippen LogP contribution in [-0.2, 0) is 14.3 Å². The van der Waals surface area contributed by atoms with Crippen LogP contribution in [0.2, 0.25) is 0 Å². The van der Waals surface area contributed by atoms with Crippen LogP contribution >= 0.6 is 11.8 Å². The molecule has 6 aliphatic carbocycles. The van der Waals surface area contributed by atoms with Crippen molar-refractivity contribution in [3.63, 3.8) is 0 Å². The predicted molar refractivity (Wildman–Crippen MR) is 177 cm³/mol. The summed E-state index contributed by atoms with van der Waals surface area (Å²) >= 11 is 1.77. The SMILES string of the molecule is C[C@@H]1CC23C(=O)CC[C@]24[C@@H](C)[C@H](O)[C@](CNCCCCCCN)(C2CC2)C[C@@H](OC(=O)CSC2CCC(CN)CC2)[C@@]1(C)[C@H]34. The maximum absolute atomic E-state index is 13.8. The number of Topliss-reactive ketones (excluding diaryl/α,β-unsaturated/α-hetero) is 1. The normalized spacial score (nSPS) is 46.2. The monoisotopic (exact) mass is 631 g/mol. The zero-order valence-electron chi connectivity index (χ0n) is 27.8. The number of hydrogen-bond acceptors (Lipinski definition) is 8. The molecule has 0 aromatic rings. The summed E-state index contributed by atoms with van der Waals surface area (Å²) in [4.78, 5) is 27.5. The van der Waals surface area contributed by atoms with E-state index in [0.717, 1.165) is 103 Å². The van der Waals surface area contributed by atoms with Gasteiger partial charge in [0.15, 0.2) is 0 Å². The molecule has 0 aliphatic heterocycles. The first kappa shape index (κ1) is 33.2. The zero-order valence-corrected chi connectivity index (χ0v) is 28.6. The van der Waals surface area contributed by atoms with Crippen molar-refractivity contribution in [2.75, 3.05) is 31.9 Å². The maximum atomic E-state index is 13.8. The Kier molecular flexibility index (Phi) is 9.63. The van der Waals surface area contributed by atoms with Gasteiger partial charge in [0, 0.05) is 34.5 Å². The summed E-state index contributed by atoms with van der Waals surface area (Å²) in [7, 11) is 0. The van der Waals surface area contributed by atoms with E-state index in [9.17, 15) is 14.7 Å². The van der Waals surface area contributed by atoms with Gasteiger partial charge in [0.05, 0.1) is 11.9 Å². The Morgan fingerprint density at radius 1 is 1.05 bits per heavy atom. The lowest BCUT2D eigenvalue weighted by atomic mass is 9.55. The Labute approximate surface area is 270 Å². The number of esters is 1. The summed E-state index contributed by atoms with van der Waals surface area (Å²) in [5.74, 6) is 2.31. The van der Waals surface area contributed by atoms with Crippen molar-refractivity contribution in [2.45, 2.75) is 128 Å². The molecule has 44 heavy (non-hydrogen) atoms. The number of thioether (sulfide) groups is 1. The second-order valence-electron chi connectivity index (χ2n) is 16.3. The third-order valence-electron chi connectivity index (χ3n) is 14.5. The highest BCUT2D eigenvalue weighted by Crippen LogP contribution is 2.91. The van der Waals surface area contributed by atoms with E-state index in [0.29, 0.717) is 47.4 Å². The second-order valence-corrected chi connectivity index (χ2v) is 17.6. The van der Waals surface area contributed by atoms with E-state index in [1.165, 1.54) is 0 Å². The number of carbonyl (C=O) groups excluding carboxylic acids is 2. The topological polar surface area (TPSA) is 128 Å². The van der Waals surface area contributed by atoms with E-state index in [4.69, 9.17) is 16.2 Å². The summed E-state index contributed by atoms with van der Waals surface area (Å²) in [6.07, 6.45) is 13.6. The van der Waals surface area contributed by atoms with Crippen LogP contribution < -0.4 is 16.8 Å². The number of rotatable bonds is 14. The van der Waals surface area contributed by atoms with Gasteiger partial charge in [-0.2, -0.15) is 0 Å². The molecule has 0 saturated heterocycles. The fourth-order valence-electron chi connectivity index (χ4n) is 11.9. The Hall–Kier alpha value is -0.670. The van der Waals surface area contributed by atoms with E-state index < -0.39 is 6.10 Å². The first-order valence-electron chi connectivity index (χ1n) is 18.2. The number of carbonyl (C=O) groups is 2. The average molecular weight is 632 g/mol. The van der Waals surface area contributed by atoms with Crippen LogP contribution in [0.1, 0.15) is 111 Å². The van der Waals surface area contributed by atoms with Crippen LogP contribution in [0.25, 0.3) is 0 Å². The lowest BCUT2D eigenvalue weighted by Crippen LogP contribution is -2.58. The largest absolute Gasteiger partial charge is 0.461 e. The molecule has 6 saturated carbocycles. The van der Waals surface area contributed by atoms with E-state index in [-0.39, 0.29) is 45.6 Å². The van der Waals surface area contributed by atoms with Gasteiger partial charge in [-0.05, 0) is 125 Å². The Morgan fingerprint density at radius 2 is 1.77 bits per heavy atom. The van der Waals surface area contributed by atoms with E-state index in [1.807, 2.05) is 0 Å². The Balaban J connectivity index is 1.24. The average Bonchev–Trinajstić information content (AvgIpc) is 3.92. The fourth-order valence-corrected chi connectivity index (χ4v) is 12.9. The Morgan fingerprint density at radius 3 is 2.45 bits per heavy atom. The van der Waals surface area contributed by atoms with E-state index >= 15 is 0 Å². The molecule has 0 aromatic carbocycles. The highest BCUT2D eigenvalue weighted by atomic mass is 32.2. The molecule has 6 rings (SSSR count). The highest BCUT2D eigenvalue weighted by molar-refractivity contribution is 8.00. The van der Waals surface area contributed by atoms with Crippen molar-refractivity contribution in [2.24, 2.45) is 62.7 Å². The van der Waals surface area contributed by atoms with Crippen molar-refractivity contribution < 1.29 is 19.4 Å². The van der Waals surface area contributed by atoms with Crippen LogP contribution in [0.3, 0.4) is 0 Å². The molecule has 8 heteroatoms. The fraction of sp³-hybridized carbons (Fsp3) is 0.944. The first-order valence-corrected chi connectivity index (χ1v) is 19.3. The van der Waals surface area contributed by atoms with Gasteiger partial charge < -0.3 is 26.6 Å². The maximum Gasteiger partial charge on any atom is 0.316 e. The molecule has 0 bridgehead atoms. The number of nitrogens with two attached hydrogens (primary N) is 2. The second kappa shape index (κ2) is 12.7. The molecule has 6 N–H and O–H groups in total. The summed E-state index contributed by atoms with van der Waals surface area (Å²) < 4.78 is 6.70. The lowest BCUT2D eigenvalue weighted by molar-refractivity contribution is -0.175. The number of unbranched alkanes of at least 4 members (excludes halogenated alkanes) is 3. The summed E-state index contributed by atoms with van der Waals surface area (Å²) in [5.41, 5.74) is 10.5. The molecule has 0 amide bonds. The third kappa shape index (κ3) is 5.14. The molecular formula is C36H61N3O4S. The minimum Gasteiger partial charge on any atom is -0.461 e. The number of hydrogen-bond donors (Lipinski definition) is 4. The van der Waals surface area contributed by atoms with Gasteiger partial charge in [0.1, 0.15) is 11.9 Å². The van der Waals surface area contributed by atoms with E-state index in [2.05, 4.69) is 26.1 Å². The summed E-state index contributed by atoms with van der Waals surface area (Å²) in [6, 6.07) is 0. The van der Waals surface area contributed by atoms with Gasteiger partial charge in [-0.25, -0.2) is 0 Å². The molecule has 250 valence electrons. The molecule has 6 fully saturated rings. The zero-order chi connectivity index (χ0) is 31.3. The van der Waals surface area contributed by atoms with Crippen LogP contribution in [0.15, 0.2) is 0 Å². The molecule has 1 unspecified atom stereocenters. The smallest absolute Gasteiger partial charge is 0.316 e. The van der Waals surface area contributed by atoms with Gasteiger partial charge in [-0.15, -0.1) is 11.8 Å². The van der Waals surface area contributed by atoms with Crippen molar-refractivity contribution >= 4 is 23.5 Å². The lowest BCUT2D eigenvalue weighted by Gasteiger charge is -2.53. The van der Waals surface area contributed by atoms with E-state index in [1.54, 1.807) is 11.8 Å². The molecule has 0 aromatic heterocycles. The summed E-state index contributed by atoms with van der Waals surface area (Å²) in [6.45, 7) is 10.1. The van der Waals surface area contributed by atoms with Crippen molar-refractivity contribution in [3.8, 4) is 0 Å². The van der Waals surface area contributed by atoms with Crippen LogP contribution in [0.4, 0.5) is 0 Å². The van der Waals surface area contributed by atoms with Gasteiger partial charge in [0.25, 0.3) is 0 Å². The molecular weight excluding hydrogens is 570 g/mol. The molecule has 6 aliphatic rings. The highest BCUT2D eigenvalue weighted by Gasteiger charge is 2.92. The van der Waals surface area contributed by atoms with Crippen molar-refractivity contribution in [3.05, 3.63) is 0 Å². The number of aliphatic hydroxyl groups is 1. The standard InChI is InChI=1S/C36H61N3O4S/c1-23-18-36-28(40)14-15-35(36)24(2)31(42)34(26-10-11-26,22-39-17-7-5-4-6-16-37)19-29(33(23,3)32(35)36)43-30(41)21-44-27-12-8-25(20-38)9-13-27/h23-27,29,31-32,39,42H,4-22,37-38H2,1-3H3/t23-,24+,25?,27?,29-,31+,32+,33+,34-,35-,36?/m1/s1. The first-order chi connectivity index (χ1) is 21.1. The van der Waals surface area contributed by atoms with Crippen LogP contribution in [-0.4, -0.2) is 66.2 Å². The minimum absolute atomic E-state index is 0.0635. The number of ketones is 1. The molecule has 0 radical (unpaired) electrons. The van der Waals surface area contributed by atoms with Gasteiger partial charge in [-0.1, -0.05) is 33.6 Å². The number of ether oxygens (including phenoxy) is 1. The van der Waals surface area contributed by atoms with Gasteiger partial charge in [-0.3, -0.25) is 9.59 Å². The predicted octanol–water partition coefficient (Wildman–Crippen LogP) is 5.07.